The van der Waals surface area contributed by atoms with Gasteiger partial charge in [-0.2, -0.15) is 0 Å². The van der Waals surface area contributed by atoms with Gasteiger partial charge < -0.3 is 25.4 Å². The lowest BCUT2D eigenvalue weighted by Gasteiger charge is -2.25. The summed E-state index contributed by atoms with van der Waals surface area (Å²) in [6, 6.07) is 5.94. The minimum atomic E-state index is -0.730. The summed E-state index contributed by atoms with van der Waals surface area (Å²) in [6.07, 6.45) is 0.0946. The fourth-order valence-corrected chi connectivity index (χ4v) is 3.08. The van der Waals surface area contributed by atoms with Crippen molar-refractivity contribution in [3.05, 3.63) is 24.3 Å². The number of hydrogen-bond acceptors (Lipinski definition) is 5. The number of hydrogen-bond donors (Lipinski definition) is 3. The van der Waals surface area contributed by atoms with Crippen LogP contribution in [0.15, 0.2) is 24.3 Å². The first-order valence-electron chi connectivity index (χ1n) is 9.42. The van der Waals surface area contributed by atoms with E-state index in [9.17, 15) is 14.4 Å². The van der Waals surface area contributed by atoms with Crippen molar-refractivity contribution in [1.29, 1.82) is 0 Å². The van der Waals surface area contributed by atoms with Crippen LogP contribution in [0.25, 0.3) is 0 Å². The van der Waals surface area contributed by atoms with Crippen LogP contribution in [0.3, 0.4) is 0 Å². The van der Waals surface area contributed by atoms with Gasteiger partial charge in [0.2, 0.25) is 17.7 Å². The van der Waals surface area contributed by atoms with Gasteiger partial charge in [-0.25, -0.2) is 0 Å². The molecule has 0 unspecified atom stereocenters. The molecule has 1 heterocycles. The topological polar surface area (TPSA) is 108 Å². The van der Waals surface area contributed by atoms with E-state index in [1.165, 1.54) is 0 Å². The van der Waals surface area contributed by atoms with Crippen LogP contribution in [0.4, 0.5) is 5.69 Å². The Balaban J connectivity index is 2.03. The van der Waals surface area contributed by atoms with Gasteiger partial charge in [0.15, 0.2) is 0 Å². The maximum absolute atomic E-state index is 12.7. The lowest BCUT2D eigenvalue weighted by molar-refractivity contribution is -0.132. The Morgan fingerprint density at radius 3 is 2.39 bits per heavy atom. The Morgan fingerprint density at radius 1 is 1.21 bits per heavy atom. The zero-order valence-corrected chi connectivity index (χ0v) is 16.8. The number of aliphatic hydroxyl groups is 1. The average Bonchev–Trinajstić information content (AvgIpc) is 3.07. The number of nitrogens with zero attached hydrogens (tertiary/aromatic N) is 1. The fourth-order valence-electron chi connectivity index (χ4n) is 3.08. The van der Waals surface area contributed by atoms with Gasteiger partial charge in [0.05, 0.1) is 19.6 Å². The van der Waals surface area contributed by atoms with Gasteiger partial charge >= 0.3 is 0 Å². The fraction of sp³-hybridized carbons (Fsp3) is 0.550. The second-order valence-corrected chi connectivity index (χ2v) is 7.43. The molecule has 1 saturated heterocycles. The summed E-state index contributed by atoms with van der Waals surface area (Å²) in [7, 11) is 1.57. The molecule has 3 amide bonds. The molecule has 0 bridgehead atoms. The molecule has 1 aliphatic heterocycles. The van der Waals surface area contributed by atoms with Gasteiger partial charge in [0, 0.05) is 24.7 Å². The van der Waals surface area contributed by atoms with Gasteiger partial charge in [-0.05, 0) is 37.1 Å². The average molecular weight is 391 g/mol. The van der Waals surface area contributed by atoms with E-state index in [0.717, 1.165) is 0 Å². The quantitative estimate of drug-likeness (QED) is 0.604. The monoisotopic (exact) mass is 391 g/mol. The minimum absolute atomic E-state index is 0.0946. The van der Waals surface area contributed by atoms with E-state index in [1.807, 2.05) is 13.8 Å². The van der Waals surface area contributed by atoms with Crippen molar-refractivity contribution >= 4 is 23.4 Å². The van der Waals surface area contributed by atoms with E-state index in [4.69, 9.17) is 9.84 Å². The molecule has 28 heavy (non-hydrogen) atoms. The molecule has 0 radical (unpaired) electrons. The summed E-state index contributed by atoms with van der Waals surface area (Å²) < 4.78 is 5.12. The molecule has 8 heteroatoms. The highest BCUT2D eigenvalue weighted by Gasteiger charge is 2.37. The number of aliphatic hydroxyl groups excluding tert-OH is 1. The Hall–Kier alpha value is -2.61. The lowest BCUT2D eigenvalue weighted by atomic mass is 10.0. The molecular weight excluding hydrogens is 362 g/mol. The smallest absolute Gasteiger partial charge is 0.243 e. The predicted molar refractivity (Wildman–Crippen MR) is 105 cm³/mol. The first-order chi connectivity index (χ1) is 13.3. The van der Waals surface area contributed by atoms with E-state index in [2.05, 4.69) is 10.6 Å². The zero-order valence-electron chi connectivity index (χ0n) is 16.8. The van der Waals surface area contributed by atoms with Crippen molar-refractivity contribution in [2.24, 2.45) is 11.8 Å². The molecule has 154 valence electrons. The van der Waals surface area contributed by atoms with Crippen molar-refractivity contribution in [3.8, 4) is 5.75 Å². The number of amides is 3. The third-order valence-corrected chi connectivity index (χ3v) is 4.79. The summed E-state index contributed by atoms with van der Waals surface area (Å²) in [4.78, 5) is 39.1. The summed E-state index contributed by atoms with van der Waals surface area (Å²) >= 11 is 0. The molecule has 0 spiro atoms. The highest BCUT2D eigenvalue weighted by atomic mass is 16.5. The lowest BCUT2D eigenvalue weighted by Crippen LogP contribution is -2.53. The molecule has 0 aliphatic carbocycles. The number of rotatable bonds is 8. The van der Waals surface area contributed by atoms with E-state index in [-0.39, 0.29) is 43.2 Å². The highest BCUT2D eigenvalue weighted by molar-refractivity contribution is 6.01. The van der Waals surface area contributed by atoms with Crippen molar-refractivity contribution in [2.75, 3.05) is 25.2 Å². The van der Waals surface area contributed by atoms with Crippen LogP contribution in [-0.4, -0.2) is 55.2 Å². The van der Waals surface area contributed by atoms with E-state index < -0.39 is 18.0 Å². The Morgan fingerprint density at radius 2 is 1.86 bits per heavy atom. The first-order valence-corrected chi connectivity index (χ1v) is 9.42. The summed E-state index contributed by atoms with van der Waals surface area (Å²) in [6.45, 7) is 5.42. The van der Waals surface area contributed by atoms with Crippen LogP contribution in [0, 0.1) is 11.8 Å². The van der Waals surface area contributed by atoms with Crippen LogP contribution in [0.2, 0.25) is 0 Å². The van der Waals surface area contributed by atoms with Crippen molar-refractivity contribution in [2.45, 2.75) is 39.3 Å². The molecule has 2 rings (SSSR count). The molecule has 1 aliphatic rings. The third kappa shape index (κ3) is 5.22. The van der Waals surface area contributed by atoms with Gasteiger partial charge in [0.25, 0.3) is 0 Å². The molecule has 3 atom stereocenters. The second-order valence-electron chi connectivity index (χ2n) is 7.43. The third-order valence-electron chi connectivity index (χ3n) is 4.79. The zero-order chi connectivity index (χ0) is 20.8. The number of carbonyl (C=O) groups excluding carboxylic acids is 3. The van der Waals surface area contributed by atoms with Gasteiger partial charge in [0.1, 0.15) is 11.8 Å². The minimum Gasteiger partial charge on any atom is -0.497 e. The molecule has 1 aromatic rings. The van der Waals surface area contributed by atoms with Crippen LogP contribution in [0.1, 0.15) is 27.2 Å². The number of carbonyl (C=O) groups is 3. The van der Waals surface area contributed by atoms with Crippen molar-refractivity contribution in [1.82, 2.24) is 10.6 Å². The van der Waals surface area contributed by atoms with E-state index in [1.54, 1.807) is 43.2 Å². The number of benzene rings is 1. The van der Waals surface area contributed by atoms with Gasteiger partial charge in [-0.15, -0.1) is 0 Å². The molecule has 1 fully saturated rings. The van der Waals surface area contributed by atoms with E-state index >= 15 is 0 Å². The second kappa shape index (κ2) is 9.54. The number of nitrogens with one attached hydrogen (secondary N) is 2. The molecule has 1 aromatic carbocycles. The standard InChI is InChI=1S/C20H29N3O5/c1-12(2)18(20(27)21-13(3)11-24)22-19(26)14-9-17(25)23(10-14)15-5-7-16(28-4)8-6-15/h5-8,12-14,18,24H,9-11H2,1-4H3,(H,21,27)(H,22,26)/t13-,14-,18-/m0/s1. The summed E-state index contributed by atoms with van der Waals surface area (Å²) in [5.41, 5.74) is 0.705. The Kier molecular flexibility index (Phi) is 7.39. The maximum atomic E-state index is 12.7. The first kappa shape index (κ1) is 21.7. The van der Waals surface area contributed by atoms with E-state index in [0.29, 0.717) is 11.4 Å². The molecule has 8 nitrogen and oxygen atoms in total. The summed E-state index contributed by atoms with van der Waals surface area (Å²) in [5, 5.41) is 14.5. The molecule has 0 aromatic heterocycles. The molecule has 0 saturated carbocycles. The van der Waals surface area contributed by atoms with Crippen LogP contribution in [0.5, 0.6) is 5.75 Å². The number of ether oxygens (including phenoxy) is 1. The normalized spacial score (nSPS) is 18.7. The largest absolute Gasteiger partial charge is 0.497 e. The predicted octanol–water partition coefficient (Wildman–Crippen LogP) is 0.686. The summed E-state index contributed by atoms with van der Waals surface area (Å²) in [5.74, 6) is -0.781. The Labute approximate surface area is 165 Å². The SMILES string of the molecule is COc1ccc(N2C[C@@H](C(=O)N[C@H](C(=O)N[C@@H](C)CO)C(C)C)CC2=O)cc1. The van der Waals surface area contributed by atoms with Crippen molar-refractivity contribution in [3.63, 3.8) is 0 Å². The van der Waals surface area contributed by atoms with Gasteiger partial charge in [-0.3, -0.25) is 14.4 Å². The number of methoxy groups -OCH3 is 1. The highest BCUT2D eigenvalue weighted by Crippen LogP contribution is 2.27. The van der Waals surface area contributed by atoms with Crippen molar-refractivity contribution < 1.29 is 24.2 Å². The van der Waals surface area contributed by atoms with Crippen LogP contribution >= 0.6 is 0 Å². The molecule has 3 N–H and O–H groups in total. The van der Waals surface area contributed by atoms with Gasteiger partial charge in [-0.1, -0.05) is 13.8 Å². The number of anilines is 1. The van der Waals surface area contributed by atoms with Crippen LogP contribution < -0.4 is 20.3 Å². The molecular formula is C20H29N3O5. The Bertz CT molecular complexity index is 704. The maximum Gasteiger partial charge on any atom is 0.243 e. The van der Waals surface area contributed by atoms with Crippen LogP contribution in [-0.2, 0) is 14.4 Å².